The number of amides is 1. The molecular weight excluding hydrogens is 425 g/mol. The fourth-order valence-electron chi connectivity index (χ4n) is 3.38. The highest BCUT2D eigenvalue weighted by molar-refractivity contribution is 5.94. The summed E-state index contributed by atoms with van der Waals surface area (Å²) in [6, 6.07) is 10.8. The van der Waals surface area contributed by atoms with Gasteiger partial charge in [0.2, 0.25) is 5.82 Å². The van der Waals surface area contributed by atoms with Crippen molar-refractivity contribution in [1.82, 2.24) is 20.0 Å². The van der Waals surface area contributed by atoms with Crippen molar-refractivity contribution in [2.45, 2.75) is 6.18 Å². The minimum absolute atomic E-state index is 0.0177. The summed E-state index contributed by atoms with van der Waals surface area (Å²) in [4.78, 5) is 26.2. The lowest BCUT2D eigenvalue weighted by molar-refractivity contribution is -0.159. The number of pyridine rings is 1. The number of halogens is 3. The van der Waals surface area contributed by atoms with Crippen molar-refractivity contribution in [2.24, 2.45) is 0 Å². The van der Waals surface area contributed by atoms with Gasteiger partial charge in [0.1, 0.15) is 5.82 Å². The molecule has 0 N–H and O–H groups in total. The summed E-state index contributed by atoms with van der Waals surface area (Å²) in [7, 11) is 3.89. The molecule has 1 aliphatic heterocycles. The van der Waals surface area contributed by atoms with Crippen LogP contribution in [-0.4, -0.2) is 66.2 Å². The van der Waals surface area contributed by atoms with E-state index >= 15 is 0 Å². The van der Waals surface area contributed by atoms with Crippen LogP contribution in [0.4, 0.5) is 24.7 Å². The third kappa shape index (κ3) is 4.51. The molecule has 3 aromatic rings. The Hall–Kier alpha value is -3.63. The Morgan fingerprint density at radius 3 is 2.25 bits per heavy atom. The first kappa shape index (κ1) is 21.6. The minimum Gasteiger partial charge on any atom is -0.378 e. The summed E-state index contributed by atoms with van der Waals surface area (Å²) in [6.07, 6.45) is -3.28. The van der Waals surface area contributed by atoms with Gasteiger partial charge in [-0.05, 0) is 36.4 Å². The van der Waals surface area contributed by atoms with Gasteiger partial charge in [-0.25, -0.2) is 4.98 Å². The van der Waals surface area contributed by atoms with Crippen molar-refractivity contribution in [3.8, 4) is 11.4 Å². The van der Waals surface area contributed by atoms with E-state index in [0.29, 0.717) is 43.1 Å². The number of piperazine rings is 1. The lowest BCUT2D eigenvalue weighted by atomic mass is 10.1. The zero-order chi connectivity index (χ0) is 22.9. The van der Waals surface area contributed by atoms with Gasteiger partial charge in [0, 0.05) is 63.3 Å². The number of aromatic nitrogens is 3. The van der Waals surface area contributed by atoms with Crippen LogP contribution in [0.3, 0.4) is 0 Å². The van der Waals surface area contributed by atoms with E-state index in [1.165, 1.54) is 6.20 Å². The molecule has 0 radical (unpaired) electrons. The van der Waals surface area contributed by atoms with Crippen molar-refractivity contribution in [3.05, 3.63) is 54.0 Å². The number of hydrogen-bond donors (Lipinski definition) is 0. The molecule has 1 amide bonds. The number of hydrogen-bond acceptors (Lipinski definition) is 7. The Kier molecular flexibility index (Phi) is 5.72. The molecule has 0 spiro atoms. The van der Waals surface area contributed by atoms with Gasteiger partial charge in [0.25, 0.3) is 5.91 Å². The van der Waals surface area contributed by atoms with Gasteiger partial charge in [0.15, 0.2) is 0 Å². The van der Waals surface area contributed by atoms with Crippen LogP contribution in [0.5, 0.6) is 0 Å². The molecule has 2 aromatic heterocycles. The topological polar surface area (TPSA) is 78.6 Å². The SMILES string of the molecule is CN(C)c1ccc(C(=O)N2CCN(c3ccc(-c4noc(C(F)(F)F)n4)cn3)CC2)cc1. The molecule has 1 fully saturated rings. The fourth-order valence-corrected chi connectivity index (χ4v) is 3.38. The molecule has 0 saturated carbocycles. The zero-order valence-corrected chi connectivity index (χ0v) is 17.5. The molecule has 0 aliphatic carbocycles. The maximum absolute atomic E-state index is 12.8. The summed E-state index contributed by atoms with van der Waals surface area (Å²) in [5.74, 6) is -0.924. The second kappa shape index (κ2) is 8.48. The highest BCUT2D eigenvalue weighted by Gasteiger charge is 2.38. The van der Waals surface area contributed by atoms with E-state index in [-0.39, 0.29) is 11.7 Å². The molecule has 1 aliphatic rings. The first-order valence-electron chi connectivity index (χ1n) is 9.91. The van der Waals surface area contributed by atoms with Gasteiger partial charge >= 0.3 is 12.1 Å². The normalized spacial score (nSPS) is 14.5. The third-order valence-electron chi connectivity index (χ3n) is 5.20. The van der Waals surface area contributed by atoms with Crippen LogP contribution in [0, 0.1) is 0 Å². The van der Waals surface area contributed by atoms with E-state index in [4.69, 9.17) is 0 Å². The number of carbonyl (C=O) groups excluding carboxylic acids is 1. The van der Waals surface area contributed by atoms with Gasteiger partial charge < -0.3 is 19.2 Å². The van der Waals surface area contributed by atoms with Crippen molar-refractivity contribution in [2.75, 3.05) is 50.1 Å². The lowest BCUT2D eigenvalue weighted by Crippen LogP contribution is -2.49. The molecule has 0 unspecified atom stereocenters. The van der Waals surface area contributed by atoms with Gasteiger partial charge in [-0.3, -0.25) is 4.79 Å². The minimum atomic E-state index is -4.69. The molecule has 11 heteroatoms. The van der Waals surface area contributed by atoms with Gasteiger partial charge in [-0.1, -0.05) is 5.16 Å². The Morgan fingerprint density at radius 1 is 1.03 bits per heavy atom. The number of anilines is 2. The Bertz CT molecular complexity index is 1070. The van der Waals surface area contributed by atoms with Gasteiger partial charge in [-0.15, -0.1) is 0 Å². The molecule has 0 bridgehead atoms. The fraction of sp³-hybridized carbons (Fsp3) is 0.333. The second-order valence-corrected chi connectivity index (χ2v) is 7.55. The van der Waals surface area contributed by atoms with Crippen LogP contribution in [0.1, 0.15) is 16.2 Å². The highest BCUT2D eigenvalue weighted by Crippen LogP contribution is 2.29. The molecule has 0 atom stereocenters. The molecule has 1 saturated heterocycles. The van der Waals surface area contributed by atoms with Crippen molar-refractivity contribution in [3.63, 3.8) is 0 Å². The highest BCUT2D eigenvalue weighted by atomic mass is 19.4. The Morgan fingerprint density at radius 2 is 1.72 bits per heavy atom. The molecule has 32 heavy (non-hydrogen) atoms. The van der Waals surface area contributed by atoms with E-state index in [1.54, 1.807) is 17.0 Å². The van der Waals surface area contributed by atoms with Crippen LogP contribution in [-0.2, 0) is 6.18 Å². The number of nitrogens with zero attached hydrogens (tertiary/aromatic N) is 6. The van der Waals surface area contributed by atoms with Crippen molar-refractivity contribution < 1.29 is 22.5 Å². The van der Waals surface area contributed by atoms with Crippen LogP contribution in [0.2, 0.25) is 0 Å². The number of rotatable bonds is 4. The molecule has 4 rings (SSSR count). The molecule has 1 aromatic carbocycles. The standard InChI is InChI=1S/C21H21F3N6O2/c1-28(2)16-6-3-14(4-7-16)19(31)30-11-9-29(10-12-30)17-8-5-15(13-25-17)18-26-20(32-27-18)21(22,23)24/h3-8,13H,9-12H2,1-2H3. The molecule has 168 valence electrons. The first-order valence-corrected chi connectivity index (χ1v) is 9.91. The smallest absolute Gasteiger partial charge is 0.378 e. The summed E-state index contributed by atoms with van der Waals surface area (Å²) >= 11 is 0. The molecule has 3 heterocycles. The summed E-state index contributed by atoms with van der Waals surface area (Å²) < 4.78 is 42.1. The van der Waals surface area contributed by atoms with E-state index in [1.807, 2.05) is 48.2 Å². The maximum Gasteiger partial charge on any atom is 0.471 e. The second-order valence-electron chi connectivity index (χ2n) is 7.55. The van der Waals surface area contributed by atoms with Crippen molar-refractivity contribution in [1.29, 1.82) is 0 Å². The first-order chi connectivity index (χ1) is 15.2. The van der Waals surface area contributed by atoms with E-state index in [0.717, 1.165) is 5.69 Å². The largest absolute Gasteiger partial charge is 0.471 e. The zero-order valence-electron chi connectivity index (χ0n) is 17.5. The van der Waals surface area contributed by atoms with Gasteiger partial charge in [0.05, 0.1) is 0 Å². The Balaban J connectivity index is 1.37. The lowest BCUT2D eigenvalue weighted by Gasteiger charge is -2.35. The third-order valence-corrected chi connectivity index (χ3v) is 5.20. The molecular formula is C21H21F3N6O2. The quantitative estimate of drug-likeness (QED) is 0.609. The summed E-state index contributed by atoms with van der Waals surface area (Å²) in [5, 5.41) is 3.36. The summed E-state index contributed by atoms with van der Waals surface area (Å²) in [5.41, 5.74) is 1.99. The number of benzene rings is 1. The predicted octanol–water partition coefficient (Wildman–Crippen LogP) is 3.18. The predicted molar refractivity (Wildman–Crippen MR) is 111 cm³/mol. The summed E-state index contributed by atoms with van der Waals surface area (Å²) in [6.45, 7) is 2.26. The van der Waals surface area contributed by atoms with E-state index < -0.39 is 12.1 Å². The molecule has 8 nitrogen and oxygen atoms in total. The van der Waals surface area contributed by atoms with Gasteiger partial charge in [-0.2, -0.15) is 18.2 Å². The van der Waals surface area contributed by atoms with Crippen molar-refractivity contribution >= 4 is 17.4 Å². The average molecular weight is 446 g/mol. The Labute approximate surface area is 182 Å². The monoisotopic (exact) mass is 446 g/mol. The number of alkyl halides is 3. The van der Waals surface area contributed by atoms with E-state index in [2.05, 4.69) is 19.6 Å². The van der Waals surface area contributed by atoms with Crippen LogP contribution in [0.15, 0.2) is 47.1 Å². The average Bonchev–Trinajstić information content (AvgIpc) is 3.30. The van der Waals surface area contributed by atoms with Crippen LogP contribution < -0.4 is 9.80 Å². The van der Waals surface area contributed by atoms with Crippen LogP contribution in [0.25, 0.3) is 11.4 Å². The maximum atomic E-state index is 12.8. The van der Waals surface area contributed by atoms with Crippen LogP contribution >= 0.6 is 0 Å². The number of carbonyl (C=O) groups is 1. The van der Waals surface area contributed by atoms with E-state index in [9.17, 15) is 18.0 Å².